The van der Waals surface area contributed by atoms with Gasteiger partial charge in [-0.25, -0.2) is 32.5 Å². The monoisotopic (exact) mass is 684 g/mol. The Bertz CT molecular complexity index is 1940. The van der Waals surface area contributed by atoms with E-state index in [2.05, 4.69) is 68.0 Å². The molecule has 3 unspecified atom stereocenters. The van der Waals surface area contributed by atoms with Crippen LogP contribution in [0.5, 0.6) is 0 Å². The molecule has 2 aliphatic heterocycles. The van der Waals surface area contributed by atoms with Crippen LogP contribution in [-0.4, -0.2) is 67.1 Å². The molecule has 49 heavy (non-hydrogen) atoms. The van der Waals surface area contributed by atoms with Gasteiger partial charge in [0.25, 0.3) is 0 Å². The Labute approximate surface area is 287 Å². The SMILES string of the molecule is C=CC(C)n1ncn(-c2ccc(N3CCN(c4ccc(CSC5COC(Cn6cncn6)(c6ccc(F)cc6F)C5)cc4)CC3)cc2)c1=O. The predicted octanol–water partition coefficient (Wildman–Crippen LogP) is 5.60. The number of piperazine rings is 1. The minimum atomic E-state index is -0.953. The highest BCUT2D eigenvalue weighted by molar-refractivity contribution is 7.99. The number of hydrogen-bond donors (Lipinski definition) is 0. The smallest absolute Gasteiger partial charge is 0.350 e. The summed E-state index contributed by atoms with van der Waals surface area (Å²) < 4.78 is 39.6. The van der Waals surface area contributed by atoms with Gasteiger partial charge in [0.15, 0.2) is 0 Å². The van der Waals surface area contributed by atoms with Crippen molar-refractivity contribution in [3.8, 4) is 5.69 Å². The number of benzene rings is 3. The number of rotatable bonds is 11. The van der Waals surface area contributed by atoms with Crippen LogP contribution in [0.4, 0.5) is 20.2 Å². The van der Waals surface area contributed by atoms with E-state index in [-0.39, 0.29) is 17.0 Å². The van der Waals surface area contributed by atoms with E-state index in [1.54, 1.807) is 39.7 Å². The Balaban J connectivity index is 0.927. The van der Waals surface area contributed by atoms with Crippen LogP contribution in [0.15, 0.2) is 103 Å². The molecule has 5 aromatic rings. The first-order valence-electron chi connectivity index (χ1n) is 16.3. The Kier molecular flexibility index (Phi) is 9.37. The lowest BCUT2D eigenvalue weighted by atomic mass is 9.90. The molecule has 0 saturated carbocycles. The maximum Gasteiger partial charge on any atom is 0.350 e. The zero-order valence-corrected chi connectivity index (χ0v) is 28.1. The molecule has 0 amide bonds. The third-order valence-electron chi connectivity index (χ3n) is 9.39. The van der Waals surface area contributed by atoms with E-state index in [1.165, 1.54) is 34.4 Å². The van der Waals surface area contributed by atoms with Crippen molar-refractivity contribution in [2.75, 3.05) is 42.6 Å². The maximum atomic E-state index is 15.0. The zero-order valence-electron chi connectivity index (χ0n) is 27.2. The summed E-state index contributed by atoms with van der Waals surface area (Å²) in [4.78, 5) is 21.5. The van der Waals surface area contributed by atoms with Crippen LogP contribution in [0.2, 0.25) is 0 Å². The average Bonchev–Trinajstić information content (AvgIpc) is 3.88. The summed E-state index contributed by atoms with van der Waals surface area (Å²) in [5.41, 5.74) is 3.50. The fourth-order valence-electron chi connectivity index (χ4n) is 6.60. The van der Waals surface area contributed by atoms with E-state index in [0.29, 0.717) is 25.1 Å². The Morgan fingerprint density at radius 2 is 1.63 bits per heavy atom. The van der Waals surface area contributed by atoms with Crippen molar-refractivity contribution >= 4 is 23.1 Å². The summed E-state index contributed by atoms with van der Waals surface area (Å²) >= 11 is 1.78. The molecule has 0 aliphatic carbocycles. The molecule has 4 heterocycles. The average molecular weight is 685 g/mol. The summed E-state index contributed by atoms with van der Waals surface area (Å²) in [5.74, 6) is -0.433. The minimum absolute atomic E-state index is 0.134. The van der Waals surface area contributed by atoms with Gasteiger partial charge in [0.1, 0.15) is 36.2 Å². The Morgan fingerprint density at radius 3 is 2.27 bits per heavy atom. The van der Waals surface area contributed by atoms with Crippen LogP contribution in [0.3, 0.4) is 0 Å². The van der Waals surface area contributed by atoms with Crippen molar-refractivity contribution in [1.82, 2.24) is 29.1 Å². The molecule has 254 valence electrons. The van der Waals surface area contributed by atoms with Crippen LogP contribution >= 0.6 is 11.8 Å². The third kappa shape index (κ3) is 6.90. The summed E-state index contributed by atoms with van der Waals surface area (Å²) in [6.45, 7) is 9.96. The highest BCUT2D eigenvalue weighted by Gasteiger charge is 2.44. The third-order valence-corrected chi connectivity index (χ3v) is 10.7. The van der Waals surface area contributed by atoms with Crippen molar-refractivity contribution < 1.29 is 13.5 Å². The molecule has 3 atom stereocenters. The number of ether oxygens (including phenoxy) is 1. The first kappa shape index (κ1) is 32.8. The topological polar surface area (TPSA) is 86.2 Å². The van der Waals surface area contributed by atoms with Gasteiger partial charge in [0.2, 0.25) is 0 Å². The largest absolute Gasteiger partial charge is 0.368 e. The number of aromatic nitrogens is 6. The molecule has 0 N–H and O–H groups in total. The number of allylic oxidation sites excluding steroid dienone is 1. The first-order valence-corrected chi connectivity index (χ1v) is 17.4. The van der Waals surface area contributed by atoms with Crippen molar-refractivity contribution in [2.45, 2.75) is 42.5 Å². The molecule has 2 aromatic heterocycles. The van der Waals surface area contributed by atoms with E-state index in [0.717, 1.165) is 49.4 Å². The summed E-state index contributed by atoms with van der Waals surface area (Å²) in [7, 11) is 0. The van der Waals surface area contributed by atoms with E-state index in [4.69, 9.17) is 4.74 Å². The summed E-state index contributed by atoms with van der Waals surface area (Å²) in [6.07, 6.45) is 6.84. The van der Waals surface area contributed by atoms with E-state index in [1.807, 2.05) is 19.1 Å². The molecule has 0 bridgehead atoms. The minimum Gasteiger partial charge on any atom is -0.368 e. The maximum absolute atomic E-state index is 15.0. The normalized spacial score (nSPS) is 20.1. The van der Waals surface area contributed by atoms with Gasteiger partial charge in [-0.3, -0.25) is 0 Å². The van der Waals surface area contributed by atoms with Gasteiger partial charge in [-0.2, -0.15) is 22.0 Å². The summed E-state index contributed by atoms with van der Waals surface area (Å²) in [6, 6.07) is 20.2. The number of hydrogen-bond acceptors (Lipinski definition) is 8. The second kappa shape index (κ2) is 14.0. The molecule has 0 radical (unpaired) electrons. The van der Waals surface area contributed by atoms with Gasteiger partial charge in [-0.15, -0.1) is 6.58 Å². The van der Waals surface area contributed by atoms with E-state index in [9.17, 15) is 13.6 Å². The molecular weight excluding hydrogens is 647 g/mol. The van der Waals surface area contributed by atoms with Gasteiger partial charge in [-0.1, -0.05) is 24.3 Å². The lowest BCUT2D eigenvalue weighted by Crippen LogP contribution is -2.46. The van der Waals surface area contributed by atoms with E-state index >= 15 is 0 Å². The Hall–Kier alpha value is -4.75. The molecular formula is C36H38F2N8O2S. The highest BCUT2D eigenvalue weighted by atomic mass is 32.2. The van der Waals surface area contributed by atoms with Crippen LogP contribution in [0.25, 0.3) is 5.69 Å². The molecule has 13 heteroatoms. The van der Waals surface area contributed by atoms with Gasteiger partial charge in [-0.05, 0) is 61.4 Å². The van der Waals surface area contributed by atoms with Crippen LogP contribution in [0.1, 0.15) is 30.5 Å². The molecule has 0 spiro atoms. The van der Waals surface area contributed by atoms with Crippen LogP contribution in [0, 0.1) is 11.6 Å². The quantitative estimate of drug-likeness (QED) is 0.167. The fourth-order valence-corrected chi connectivity index (χ4v) is 7.77. The number of nitrogens with zero attached hydrogens (tertiary/aromatic N) is 8. The second-order valence-corrected chi connectivity index (χ2v) is 13.8. The van der Waals surface area contributed by atoms with Crippen molar-refractivity contribution in [3.05, 3.63) is 132 Å². The molecule has 2 fully saturated rings. The molecule has 3 aromatic carbocycles. The second-order valence-electron chi connectivity index (χ2n) is 12.5. The first-order chi connectivity index (χ1) is 23.8. The van der Waals surface area contributed by atoms with Crippen LogP contribution in [-0.2, 0) is 22.6 Å². The lowest BCUT2D eigenvalue weighted by Gasteiger charge is -2.37. The molecule has 7 rings (SSSR count). The van der Waals surface area contributed by atoms with Gasteiger partial charge in [0.05, 0.1) is 24.9 Å². The Morgan fingerprint density at radius 1 is 0.959 bits per heavy atom. The number of anilines is 2. The number of thioether (sulfide) groups is 1. The number of halogens is 2. The standard InChI is InChI=1S/C36H38F2N8O2S/c1-3-26(2)46-35(47)45(25-41-46)31-11-9-30(10-12-31)43-16-14-42(15-17-43)29-7-4-27(5-8-29)21-49-32-19-36(48-20-32,22-44-24-39-23-40-44)33-13-6-28(37)18-34(33)38/h3-13,18,23-26,32H,1,14-17,19-22H2,2H3. The van der Waals surface area contributed by atoms with Crippen molar-refractivity contribution in [2.24, 2.45) is 0 Å². The van der Waals surface area contributed by atoms with Gasteiger partial charge in [0, 0.05) is 60.2 Å². The van der Waals surface area contributed by atoms with Crippen molar-refractivity contribution in [1.29, 1.82) is 0 Å². The predicted molar refractivity (Wildman–Crippen MR) is 187 cm³/mol. The van der Waals surface area contributed by atoms with Crippen molar-refractivity contribution in [3.63, 3.8) is 0 Å². The van der Waals surface area contributed by atoms with Crippen LogP contribution < -0.4 is 15.5 Å². The molecule has 2 saturated heterocycles. The van der Waals surface area contributed by atoms with Gasteiger partial charge >= 0.3 is 5.69 Å². The van der Waals surface area contributed by atoms with Gasteiger partial charge < -0.3 is 14.5 Å². The zero-order chi connectivity index (χ0) is 34.0. The fraction of sp³-hybridized carbons (Fsp3) is 0.333. The molecule has 2 aliphatic rings. The highest BCUT2D eigenvalue weighted by Crippen LogP contribution is 2.43. The van der Waals surface area contributed by atoms with E-state index < -0.39 is 17.2 Å². The molecule has 10 nitrogen and oxygen atoms in total. The lowest BCUT2D eigenvalue weighted by molar-refractivity contribution is -0.0197. The summed E-state index contributed by atoms with van der Waals surface area (Å²) in [5, 5.41) is 8.57.